The molecule has 5 aliphatic rings. The zero-order valence-electron chi connectivity index (χ0n) is 20.9. The van der Waals surface area contributed by atoms with Crippen LogP contribution in [0.3, 0.4) is 0 Å². The van der Waals surface area contributed by atoms with E-state index < -0.39 is 18.1 Å². The van der Waals surface area contributed by atoms with Crippen molar-refractivity contribution in [1.82, 2.24) is 9.80 Å². The third kappa shape index (κ3) is 3.04. The van der Waals surface area contributed by atoms with E-state index in [0.717, 1.165) is 42.2 Å². The van der Waals surface area contributed by atoms with Crippen LogP contribution in [0.25, 0.3) is 0 Å². The molecule has 1 spiro atoms. The fraction of sp³-hybridized carbons (Fsp3) is 0.667. The third-order valence-corrected chi connectivity index (χ3v) is 9.25. The molecular formula is C27H34N2O6. The maximum Gasteiger partial charge on any atom is 0.330 e. The number of likely N-dealkylation sites (N-methyl/N-ethyl adjacent to an activating group) is 1. The summed E-state index contributed by atoms with van der Waals surface area (Å²) in [4.78, 5) is 42.0. The van der Waals surface area contributed by atoms with Gasteiger partial charge in [-0.25, -0.2) is 4.79 Å². The number of esters is 1. The third-order valence-electron chi connectivity index (χ3n) is 9.25. The molecule has 0 aromatic heterocycles. The molecule has 2 saturated heterocycles. The minimum absolute atomic E-state index is 0.155. The van der Waals surface area contributed by atoms with Crippen molar-refractivity contribution in [3.63, 3.8) is 0 Å². The summed E-state index contributed by atoms with van der Waals surface area (Å²) in [5, 5.41) is 0. The molecule has 8 nitrogen and oxygen atoms in total. The molecule has 6 atom stereocenters. The quantitative estimate of drug-likeness (QED) is 0.471. The fourth-order valence-electron chi connectivity index (χ4n) is 7.76. The second kappa shape index (κ2) is 7.95. The number of carbonyl (C=O) groups excluding carboxylic acids is 3. The first-order valence-electron chi connectivity index (χ1n) is 12.9. The highest BCUT2D eigenvalue weighted by Crippen LogP contribution is 2.64. The molecule has 1 saturated carbocycles. The van der Waals surface area contributed by atoms with Crippen LogP contribution in [0.1, 0.15) is 57.1 Å². The zero-order chi connectivity index (χ0) is 24.6. The number of nitrogens with zero attached hydrogens (tertiary/aromatic N) is 2. The molecule has 2 aliphatic carbocycles. The molecule has 3 fully saturated rings. The molecule has 0 unspecified atom stereocenters. The second-order valence-corrected chi connectivity index (χ2v) is 11.2. The Balaban J connectivity index is 1.36. The molecule has 3 heterocycles. The smallest absolute Gasteiger partial charge is 0.330 e. The van der Waals surface area contributed by atoms with Crippen LogP contribution in [-0.2, 0) is 31.0 Å². The Labute approximate surface area is 205 Å². The van der Waals surface area contributed by atoms with Crippen LogP contribution in [0, 0.1) is 11.8 Å². The number of amides is 2. The Morgan fingerprint density at radius 2 is 1.91 bits per heavy atom. The minimum Gasteiger partial charge on any atom is -0.493 e. The van der Waals surface area contributed by atoms with Gasteiger partial charge >= 0.3 is 5.97 Å². The van der Waals surface area contributed by atoms with E-state index in [0.29, 0.717) is 18.4 Å². The number of imide groups is 1. The Morgan fingerprint density at radius 3 is 2.60 bits per heavy atom. The van der Waals surface area contributed by atoms with E-state index in [1.807, 2.05) is 19.9 Å². The first kappa shape index (κ1) is 22.8. The van der Waals surface area contributed by atoms with Crippen molar-refractivity contribution in [3.05, 3.63) is 23.3 Å². The standard InChI is InChI=1S/C27H34N2O6/c1-14(2)23(29-20(30)9-10-21(29)31)26(32)34-19-8-6-16-17-13-15-5-7-18(33-4)24-22(15)27(16,25(19)35-24)11-12-28(17)3/h5,7,14,16-17,19,23,25H,6,8-13H2,1-4H3/t16-,17+,19-,23-,25-,27-/m0/s1. The normalized spacial score (nSPS) is 34.0. The summed E-state index contributed by atoms with van der Waals surface area (Å²) in [6.07, 6.45) is 3.13. The van der Waals surface area contributed by atoms with Crippen molar-refractivity contribution in [2.45, 2.75) is 82.1 Å². The van der Waals surface area contributed by atoms with Crippen molar-refractivity contribution in [2.75, 3.05) is 20.7 Å². The lowest BCUT2D eigenvalue weighted by Gasteiger charge is -2.58. The average molecular weight is 483 g/mol. The van der Waals surface area contributed by atoms with Gasteiger partial charge in [0.2, 0.25) is 11.8 Å². The summed E-state index contributed by atoms with van der Waals surface area (Å²) < 4.78 is 18.6. The van der Waals surface area contributed by atoms with Crippen LogP contribution in [0.5, 0.6) is 11.5 Å². The second-order valence-electron chi connectivity index (χ2n) is 11.2. The molecule has 1 aromatic carbocycles. The van der Waals surface area contributed by atoms with Crippen LogP contribution in [0.4, 0.5) is 0 Å². The largest absolute Gasteiger partial charge is 0.493 e. The van der Waals surface area contributed by atoms with Gasteiger partial charge in [0, 0.05) is 29.9 Å². The number of benzene rings is 1. The molecular weight excluding hydrogens is 448 g/mol. The molecule has 6 rings (SSSR count). The Morgan fingerprint density at radius 1 is 1.17 bits per heavy atom. The highest BCUT2D eigenvalue weighted by Gasteiger charge is 2.66. The van der Waals surface area contributed by atoms with Crippen LogP contribution in [0.2, 0.25) is 0 Å². The van der Waals surface area contributed by atoms with Gasteiger partial charge in [0.1, 0.15) is 18.2 Å². The lowest BCUT2D eigenvalue weighted by atomic mass is 9.51. The van der Waals surface area contributed by atoms with Gasteiger partial charge in [-0.3, -0.25) is 14.5 Å². The van der Waals surface area contributed by atoms with Crippen molar-refractivity contribution >= 4 is 17.8 Å². The number of hydrogen-bond donors (Lipinski definition) is 0. The number of hydrogen-bond acceptors (Lipinski definition) is 7. The fourth-order valence-corrected chi connectivity index (χ4v) is 7.76. The van der Waals surface area contributed by atoms with E-state index in [2.05, 4.69) is 18.0 Å². The van der Waals surface area contributed by atoms with E-state index in [1.165, 1.54) is 11.1 Å². The van der Waals surface area contributed by atoms with Crippen LogP contribution < -0.4 is 9.47 Å². The summed E-state index contributed by atoms with van der Waals surface area (Å²) in [5.41, 5.74) is 2.34. The van der Waals surface area contributed by atoms with Gasteiger partial charge in [0.05, 0.1) is 7.11 Å². The van der Waals surface area contributed by atoms with E-state index in [-0.39, 0.29) is 42.1 Å². The molecule has 0 N–H and O–H groups in total. The number of ether oxygens (including phenoxy) is 3. The van der Waals surface area contributed by atoms with Crippen molar-refractivity contribution in [2.24, 2.45) is 11.8 Å². The molecule has 188 valence electrons. The first-order chi connectivity index (χ1) is 16.8. The summed E-state index contributed by atoms with van der Waals surface area (Å²) in [6, 6.07) is 3.68. The summed E-state index contributed by atoms with van der Waals surface area (Å²) >= 11 is 0. The zero-order valence-corrected chi connectivity index (χ0v) is 20.9. The summed E-state index contributed by atoms with van der Waals surface area (Å²) in [5.74, 6) is 0.617. The maximum absolute atomic E-state index is 13.5. The summed E-state index contributed by atoms with van der Waals surface area (Å²) in [6.45, 7) is 4.66. The van der Waals surface area contributed by atoms with E-state index in [1.54, 1.807) is 7.11 Å². The predicted octanol–water partition coefficient (Wildman–Crippen LogP) is 2.45. The van der Waals surface area contributed by atoms with Crippen molar-refractivity contribution < 1.29 is 28.6 Å². The van der Waals surface area contributed by atoms with Crippen LogP contribution >= 0.6 is 0 Å². The molecule has 1 aromatic rings. The van der Waals surface area contributed by atoms with E-state index in [9.17, 15) is 14.4 Å². The Bertz CT molecular complexity index is 1090. The highest BCUT2D eigenvalue weighted by atomic mass is 16.6. The molecule has 8 heteroatoms. The van der Waals surface area contributed by atoms with Crippen molar-refractivity contribution in [3.8, 4) is 11.5 Å². The van der Waals surface area contributed by atoms with Crippen molar-refractivity contribution in [1.29, 1.82) is 0 Å². The number of methoxy groups -OCH3 is 1. The van der Waals surface area contributed by atoms with E-state index >= 15 is 0 Å². The molecule has 2 amide bonds. The molecule has 3 aliphatic heterocycles. The van der Waals surface area contributed by atoms with Gasteiger partial charge in [-0.2, -0.15) is 0 Å². The predicted molar refractivity (Wildman–Crippen MR) is 126 cm³/mol. The maximum atomic E-state index is 13.5. The van der Waals surface area contributed by atoms with Gasteiger partial charge in [0.15, 0.2) is 11.5 Å². The highest BCUT2D eigenvalue weighted by molar-refractivity contribution is 6.05. The van der Waals surface area contributed by atoms with Gasteiger partial charge < -0.3 is 19.1 Å². The average Bonchev–Trinajstić information content (AvgIpc) is 3.34. The van der Waals surface area contributed by atoms with Crippen LogP contribution in [-0.4, -0.2) is 72.6 Å². The summed E-state index contributed by atoms with van der Waals surface area (Å²) in [7, 11) is 3.87. The lowest BCUT2D eigenvalue weighted by Crippen LogP contribution is -2.67. The van der Waals surface area contributed by atoms with Gasteiger partial charge in [-0.1, -0.05) is 19.9 Å². The number of piperidine rings is 1. The van der Waals surface area contributed by atoms with Crippen LogP contribution in [0.15, 0.2) is 12.1 Å². The van der Waals surface area contributed by atoms with E-state index in [4.69, 9.17) is 14.2 Å². The number of likely N-dealkylation sites (tertiary alicyclic amines) is 2. The SMILES string of the molecule is COc1ccc2c3c1O[C@H]1[C@@H](OC(=O)[C@H](C(C)C)N4C(=O)CCC4=O)CC[C@H]4[C@@H](C2)N(C)CC[C@@]341. The molecule has 2 bridgehead atoms. The lowest BCUT2D eigenvalue weighted by molar-refractivity contribution is -0.176. The number of carbonyl (C=O) groups is 3. The Hall–Kier alpha value is -2.61. The molecule has 0 radical (unpaired) electrons. The van der Waals surface area contributed by atoms with Gasteiger partial charge in [-0.05, 0) is 62.7 Å². The number of rotatable bonds is 5. The van der Waals surface area contributed by atoms with Gasteiger partial charge in [0.25, 0.3) is 0 Å². The monoisotopic (exact) mass is 482 g/mol. The topological polar surface area (TPSA) is 85.4 Å². The minimum atomic E-state index is -0.904. The van der Waals surface area contributed by atoms with Gasteiger partial charge in [-0.15, -0.1) is 0 Å². The molecule has 35 heavy (non-hydrogen) atoms. The first-order valence-corrected chi connectivity index (χ1v) is 12.9. The Kier molecular flexibility index (Phi) is 5.18.